The van der Waals surface area contributed by atoms with Gasteiger partial charge < -0.3 is 4.84 Å². The summed E-state index contributed by atoms with van der Waals surface area (Å²) >= 11 is 0. The maximum Gasteiger partial charge on any atom is 0.334 e. The van der Waals surface area contributed by atoms with Gasteiger partial charge in [-0.3, -0.25) is 14.9 Å². The minimum absolute atomic E-state index is 0.00852. The Hall–Kier alpha value is -3.35. The fourth-order valence-electron chi connectivity index (χ4n) is 2.11. The molecule has 0 saturated carbocycles. The van der Waals surface area contributed by atoms with Gasteiger partial charge in [0.25, 0.3) is 5.69 Å². The standard InChI is InChI=1S/C18H16N2O5/c1-3-17(21)25-19-12(2)18(22)14-10-8-13(9-11-14)15-6-4-5-7-16(15)20(23)24/h4-11H,3H2,1-2H3/b19-12-. The first-order valence-corrected chi connectivity index (χ1v) is 7.57. The van der Waals surface area contributed by atoms with Gasteiger partial charge in [-0.1, -0.05) is 48.5 Å². The van der Waals surface area contributed by atoms with Gasteiger partial charge in [-0.15, -0.1) is 0 Å². The average Bonchev–Trinajstić information content (AvgIpc) is 2.65. The van der Waals surface area contributed by atoms with Crippen molar-refractivity contribution in [3.05, 3.63) is 64.2 Å². The number of Topliss-reactive ketones (excluding diaryl/α,β-unsaturated/α-hetero) is 1. The normalized spacial score (nSPS) is 11.0. The second-order valence-corrected chi connectivity index (χ2v) is 5.17. The minimum atomic E-state index is -0.529. The summed E-state index contributed by atoms with van der Waals surface area (Å²) in [5, 5.41) is 14.6. The molecule has 7 nitrogen and oxygen atoms in total. The Morgan fingerprint density at radius 2 is 1.76 bits per heavy atom. The average molecular weight is 340 g/mol. The van der Waals surface area contributed by atoms with E-state index in [9.17, 15) is 19.7 Å². The number of ketones is 1. The molecule has 0 N–H and O–H groups in total. The predicted molar refractivity (Wildman–Crippen MR) is 92.4 cm³/mol. The smallest absolute Gasteiger partial charge is 0.318 e. The predicted octanol–water partition coefficient (Wildman–Crippen LogP) is 3.77. The van der Waals surface area contributed by atoms with Crippen molar-refractivity contribution in [2.24, 2.45) is 5.16 Å². The quantitative estimate of drug-likeness (QED) is 0.262. The van der Waals surface area contributed by atoms with Gasteiger partial charge in [0, 0.05) is 18.1 Å². The van der Waals surface area contributed by atoms with Crippen molar-refractivity contribution in [2.75, 3.05) is 0 Å². The van der Waals surface area contributed by atoms with Crippen LogP contribution in [0, 0.1) is 10.1 Å². The highest BCUT2D eigenvalue weighted by Crippen LogP contribution is 2.29. The molecule has 0 aromatic heterocycles. The highest BCUT2D eigenvalue weighted by molar-refractivity contribution is 6.45. The van der Waals surface area contributed by atoms with Crippen LogP contribution in [0.5, 0.6) is 0 Å². The van der Waals surface area contributed by atoms with Gasteiger partial charge >= 0.3 is 5.97 Å². The Labute approximate surface area is 144 Å². The van der Waals surface area contributed by atoms with Crippen molar-refractivity contribution >= 4 is 23.2 Å². The van der Waals surface area contributed by atoms with E-state index in [1.807, 2.05) is 0 Å². The first-order valence-electron chi connectivity index (χ1n) is 7.57. The molecule has 0 fully saturated rings. The summed E-state index contributed by atoms with van der Waals surface area (Å²) in [6.45, 7) is 3.07. The summed E-state index contributed by atoms with van der Waals surface area (Å²) in [6, 6.07) is 12.7. The molecule has 0 saturated heterocycles. The Morgan fingerprint density at radius 3 is 2.36 bits per heavy atom. The molecule has 128 valence electrons. The van der Waals surface area contributed by atoms with Crippen LogP contribution in [0.15, 0.2) is 53.7 Å². The van der Waals surface area contributed by atoms with Gasteiger partial charge in [0.1, 0.15) is 5.71 Å². The van der Waals surface area contributed by atoms with Gasteiger partial charge in [0.15, 0.2) is 0 Å². The molecule has 25 heavy (non-hydrogen) atoms. The summed E-state index contributed by atoms with van der Waals surface area (Å²) in [6.07, 6.45) is 0.162. The van der Waals surface area contributed by atoms with Crippen LogP contribution in [-0.2, 0) is 9.63 Å². The number of hydrogen-bond donors (Lipinski definition) is 0. The van der Waals surface area contributed by atoms with Crippen LogP contribution < -0.4 is 0 Å². The molecule has 2 rings (SSSR count). The Kier molecular flexibility index (Phi) is 5.73. The summed E-state index contributed by atoms with van der Waals surface area (Å²) < 4.78 is 0. The second-order valence-electron chi connectivity index (χ2n) is 5.17. The molecule has 0 aliphatic carbocycles. The van der Waals surface area contributed by atoms with Gasteiger partial charge in [0.05, 0.1) is 10.5 Å². The molecule has 7 heteroatoms. The van der Waals surface area contributed by atoms with Crippen molar-refractivity contribution in [3.8, 4) is 11.1 Å². The first-order chi connectivity index (χ1) is 11.9. The van der Waals surface area contributed by atoms with E-state index in [2.05, 4.69) is 9.99 Å². The number of carbonyl (C=O) groups excluding carboxylic acids is 2. The molecule has 0 aliphatic rings. The summed E-state index contributed by atoms with van der Waals surface area (Å²) in [4.78, 5) is 38.5. The zero-order valence-electron chi connectivity index (χ0n) is 13.8. The van der Waals surface area contributed by atoms with Crippen molar-refractivity contribution in [2.45, 2.75) is 20.3 Å². The van der Waals surface area contributed by atoms with E-state index in [-0.39, 0.29) is 17.8 Å². The van der Waals surface area contributed by atoms with E-state index < -0.39 is 16.7 Å². The topological polar surface area (TPSA) is 98.9 Å². The number of carbonyl (C=O) groups is 2. The van der Waals surface area contributed by atoms with Crippen LogP contribution in [0.3, 0.4) is 0 Å². The molecular formula is C18H16N2O5. The second kappa shape index (κ2) is 7.96. The summed E-state index contributed by atoms with van der Waals surface area (Å²) in [7, 11) is 0. The van der Waals surface area contributed by atoms with Crippen LogP contribution in [0.2, 0.25) is 0 Å². The highest BCUT2D eigenvalue weighted by Gasteiger charge is 2.15. The molecule has 0 atom stereocenters. The SMILES string of the molecule is CCC(=O)O/N=C(/C)C(=O)c1ccc(-c2ccccc2[N+](=O)[O-])cc1. The molecule has 0 radical (unpaired) electrons. The van der Waals surface area contributed by atoms with Gasteiger partial charge in [-0.05, 0) is 18.6 Å². The van der Waals surface area contributed by atoms with E-state index >= 15 is 0 Å². The molecule has 0 aliphatic heterocycles. The lowest BCUT2D eigenvalue weighted by Crippen LogP contribution is -2.12. The van der Waals surface area contributed by atoms with E-state index in [0.29, 0.717) is 16.7 Å². The first kappa shape index (κ1) is 18.0. The fourth-order valence-corrected chi connectivity index (χ4v) is 2.11. The largest absolute Gasteiger partial charge is 0.334 e. The number of nitro groups is 1. The van der Waals surface area contributed by atoms with Crippen molar-refractivity contribution in [1.29, 1.82) is 0 Å². The van der Waals surface area contributed by atoms with E-state index in [0.717, 1.165) is 0 Å². The number of para-hydroxylation sites is 1. The monoisotopic (exact) mass is 340 g/mol. The molecule has 0 bridgehead atoms. The molecule has 0 heterocycles. The van der Waals surface area contributed by atoms with E-state index in [4.69, 9.17) is 0 Å². The Balaban J connectivity index is 2.24. The van der Waals surface area contributed by atoms with Crippen LogP contribution in [0.1, 0.15) is 30.6 Å². The Morgan fingerprint density at radius 1 is 1.12 bits per heavy atom. The lowest BCUT2D eigenvalue weighted by atomic mass is 10.00. The van der Waals surface area contributed by atoms with Crippen LogP contribution in [0.25, 0.3) is 11.1 Å². The number of benzene rings is 2. The van der Waals surface area contributed by atoms with Crippen LogP contribution >= 0.6 is 0 Å². The number of nitrogens with zero attached hydrogens (tertiary/aromatic N) is 2. The number of oxime groups is 1. The molecule has 0 unspecified atom stereocenters. The summed E-state index contributed by atoms with van der Waals surface area (Å²) in [5.74, 6) is -0.920. The van der Waals surface area contributed by atoms with Gasteiger partial charge in [0.2, 0.25) is 5.78 Å². The van der Waals surface area contributed by atoms with Crippen molar-refractivity contribution in [1.82, 2.24) is 0 Å². The molecule has 2 aromatic rings. The van der Waals surface area contributed by atoms with Crippen LogP contribution in [0.4, 0.5) is 5.69 Å². The lowest BCUT2D eigenvalue weighted by Gasteiger charge is -2.05. The van der Waals surface area contributed by atoms with Crippen molar-refractivity contribution < 1.29 is 19.3 Å². The van der Waals surface area contributed by atoms with E-state index in [1.165, 1.54) is 13.0 Å². The third kappa shape index (κ3) is 4.35. The number of hydrogen-bond acceptors (Lipinski definition) is 6. The van der Waals surface area contributed by atoms with Crippen molar-refractivity contribution in [3.63, 3.8) is 0 Å². The third-order valence-electron chi connectivity index (χ3n) is 3.46. The highest BCUT2D eigenvalue weighted by atomic mass is 16.7. The maximum absolute atomic E-state index is 12.2. The van der Waals surface area contributed by atoms with E-state index in [1.54, 1.807) is 49.4 Å². The number of nitro benzene ring substituents is 1. The zero-order valence-corrected chi connectivity index (χ0v) is 13.8. The molecular weight excluding hydrogens is 324 g/mol. The van der Waals surface area contributed by atoms with Gasteiger partial charge in [-0.25, -0.2) is 4.79 Å². The maximum atomic E-state index is 12.2. The number of rotatable bonds is 6. The fraction of sp³-hybridized carbons (Fsp3) is 0.167. The summed E-state index contributed by atoms with van der Waals surface area (Å²) in [5.41, 5.74) is 1.46. The molecule has 0 amide bonds. The minimum Gasteiger partial charge on any atom is -0.318 e. The van der Waals surface area contributed by atoms with Gasteiger partial charge in [-0.2, -0.15) is 0 Å². The third-order valence-corrected chi connectivity index (χ3v) is 3.46. The zero-order chi connectivity index (χ0) is 18.4. The molecule has 0 spiro atoms. The molecule has 2 aromatic carbocycles. The Bertz CT molecular complexity index is 841. The van der Waals surface area contributed by atoms with Crippen LogP contribution in [-0.4, -0.2) is 22.4 Å². The lowest BCUT2D eigenvalue weighted by molar-refractivity contribution is -0.384.